The van der Waals surface area contributed by atoms with E-state index in [4.69, 9.17) is 4.74 Å². The molecule has 0 aliphatic rings. The molecule has 0 fully saturated rings. The van der Waals surface area contributed by atoms with Gasteiger partial charge in [-0.3, -0.25) is 14.4 Å². The largest absolute Gasteiger partial charge is 0.372 e. The second-order valence-electron chi connectivity index (χ2n) is 7.24. The lowest BCUT2D eigenvalue weighted by atomic mass is 10.1. The molecule has 0 radical (unpaired) electrons. The normalized spacial score (nSPS) is 12.4. The highest BCUT2D eigenvalue weighted by molar-refractivity contribution is 7.92. The first-order valence-corrected chi connectivity index (χ1v) is 11.4. The third-order valence-corrected chi connectivity index (χ3v) is 7.51. The van der Waals surface area contributed by atoms with Gasteiger partial charge < -0.3 is 4.74 Å². The molecular weight excluding hydrogens is 422 g/mol. The molecule has 0 spiro atoms. The number of aromatic nitrogens is 4. The summed E-state index contributed by atoms with van der Waals surface area (Å²) in [5.74, 6) is 0. The first-order valence-electron chi connectivity index (χ1n) is 9.13. The van der Waals surface area contributed by atoms with Crippen LogP contribution in [0, 0.1) is 0 Å². The van der Waals surface area contributed by atoms with Crippen molar-refractivity contribution in [1.29, 1.82) is 0 Å². The van der Waals surface area contributed by atoms with E-state index < -0.39 is 15.6 Å². The third-order valence-electron chi connectivity index (χ3n) is 4.84. The quantitative estimate of drug-likeness (QED) is 0.487. The van der Waals surface area contributed by atoms with Crippen molar-refractivity contribution in [3.63, 3.8) is 0 Å². The number of pyridine rings is 1. The maximum absolute atomic E-state index is 12.9. The summed E-state index contributed by atoms with van der Waals surface area (Å²) in [6.07, 6.45) is 4.76. The maximum Gasteiger partial charge on any atom is 0.263 e. The highest BCUT2D eigenvalue weighted by atomic mass is 32.2. The third kappa shape index (κ3) is 3.69. The molecule has 10 heteroatoms. The zero-order valence-electron chi connectivity index (χ0n) is 16.9. The summed E-state index contributed by atoms with van der Waals surface area (Å²) in [6, 6.07) is 8.59. The van der Waals surface area contributed by atoms with Crippen LogP contribution in [0.4, 0.5) is 5.69 Å². The molecule has 8 nitrogen and oxygen atoms in total. The van der Waals surface area contributed by atoms with Gasteiger partial charge in [-0.05, 0) is 32.0 Å². The van der Waals surface area contributed by atoms with Gasteiger partial charge in [-0.1, -0.05) is 12.1 Å². The van der Waals surface area contributed by atoms with E-state index in [9.17, 15) is 8.42 Å². The second-order valence-corrected chi connectivity index (χ2v) is 9.95. The van der Waals surface area contributed by atoms with Gasteiger partial charge in [-0.25, -0.2) is 13.4 Å². The lowest BCUT2D eigenvalue weighted by Crippen LogP contribution is -2.18. The number of nitrogens with one attached hydrogen (secondary N) is 1. The zero-order valence-corrected chi connectivity index (χ0v) is 18.6. The Labute approximate surface area is 178 Å². The topological polar surface area (TPSA) is 99.0 Å². The summed E-state index contributed by atoms with van der Waals surface area (Å²) in [5.41, 5.74) is 1.33. The van der Waals surface area contributed by atoms with Crippen LogP contribution in [0.2, 0.25) is 0 Å². The molecule has 156 valence electrons. The number of nitrogens with zero attached hydrogens (tertiary/aromatic N) is 4. The van der Waals surface area contributed by atoms with Crippen molar-refractivity contribution in [2.45, 2.75) is 24.3 Å². The number of fused-ring (bicyclic) bond motifs is 1. The number of para-hydroxylation sites is 1. The SMILES string of the molecule is COC(C)(C)c1ncc(-c2ccc(S(=O)(=O)Nc3cccc4cnn(C)c34)cn2)s1. The number of ether oxygens (including phenoxy) is 1. The Hall–Kier alpha value is -2.82. The number of aryl methyl sites for hydroxylation is 1. The van der Waals surface area contributed by atoms with Crippen LogP contribution >= 0.6 is 11.3 Å². The Morgan fingerprint density at radius 2 is 1.90 bits per heavy atom. The Bertz CT molecular complexity index is 1310. The number of thiazole rings is 1. The predicted molar refractivity (Wildman–Crippen MR) is 117 cm³/mol. The van der Waals surface area contributed by atoms with Gasteiger partial charge in [-0.2, -0.15) is 5.10 Å². The summed E-state index contributed by atoms with van der Waals surface area (Å²) < 4.78 is 35.5. The summed E-state index contributed by atoms with van der Waals surface area (Å²) in [4.78, 5) is 9.67. The summed E-state index contributed by atoms with van der Waals surface area (Å²) in [7, 11) is -0.401. The van der Waals surface area contributed by atoms with Crippen LogP contribution in [-0.4, -0.2) is 35.3 Å². The summed E-state index contributed by atoms with van der Waals surface area (Å²) in [6.45, 7) is 3.88. The van der Waals surface area contributed by atoms with Crippen molar-refractivity contribution in [3.8, 4) is 10.6 Å². The minimum atomic E-state index is -3.81. The van der Waals surface area contributed by atoms with Gasteiger partial charge in [0.15, 0.2) is 0 Å². The molecule has 0 saturated heterocycles. The van der Waals surface area contributed by atoms with Gasteiger partial charge in [0, 0.05) is 31.9 Å². The van der Waals surface area contributed by atoms with E-state index in [1.807, 2.05) is 19.9 Å². The number of rotatable bonds is 6. The standard InChI is InChI=1S/C20H21N5O3S2/c1-20(2,28-4)19-22-12-17(29-19)15-9-8-14(11-21-15)30(26,27)24-16-7-5-6-13-10-23-25(3)18(13)16/h5-12,24H,1-4H3. The molecule has 0 aliphatic carbocycles. The summed E-state index contributed by atoms with van der Waals surface area (Å²) >= 11 is 1.46. The van der Waals surface area contributed by atoms with Crippen LogP contribution in [0.15, 0.2) is 53.8 Å². The van der Waals surface area contributed by atoms with Crippen LogP contribution < -0.4 is 4.72 Å². The Kier molecular flexibility index (Phi) is 5.08. The average Bonchev–Trinajstić information content (AvgIpc) is 3.36. The van der Waals surface area contributed by atoms with Crippen LogP contribution in [0.1, 0.15) is 18.9 Å². The molecule has 1 aromatic carbocycles. The Morgan fingerprint density at radius 3 is 2.60 bits per heavy atom. The molecule has 0 bridgehead atoms. The maximum atomic E-state index is 12.9. The molecule has 0 saturated carbocycles. The number of hydrogen-bond donors (Lipinski definition) is 1. The molecule has 0 aliphatic heterocycles. The van der Waals surface area contributed by atoms with E-state index in [1.165, 1.54) is 23.6 Å². The Balaban J connectivity index is 1.61. The van der Waals surface area contributed by atoms with Crippen molar-refractivity contribution in [2.75, 3.05) is 11.8 Å². The van der Waals surface area contributed by atoms with Crippen LogP contribution in [0.25, 0.3) is 21.5 Å². The lowest BCUT2D eigenvalue weighted by Gasteiger charge is -2.19. The molecular formula is C20H21N5O3S2. The fourth-order valence-electron chi connectivity index (χ4n) is 2.96. The zero-order chi connectivity index (χ0) is 21.5. The first-order chi connectivity index (χ1) is 14.2. The van der Waals surface area contributed by atoms with E-state index in [2.05, 4.69) is 19.8 Å². The molecule has 30 heavy (non-hydrogen) atoms. The van der Waals surface area contributed by atoms with Crippen molar-refractivity contribution in [3.05, 3.63) is 53.9 Å². The minimum Gasteiger partial charge on any atom is -0.372 e. The molecule has 4 rings (SSSR count). The van der Waals surface area contributed by atoms with Gasteiger partial charge in [0.25, 0.3) is 10.0 Å². The van der Waals surface area contributed by atoms with Gasteiger partial charge in [0.1, 0.15) is 15.5 Å². The Morgan fingerprint density at radius 1 is 1.10 bits per heavy atom. The molecule has 0 atom stereocenters. The van der Waals surface area contributed by atoms with E-state index in [1.54, 1.807) is 49.4 Å². The van der Waals surface area contributed by atoms with Crippen LogP contribution in [0.3, 0.4) is 0 Å². The molecule has 3 aromatic heterocycles. The second kappa shape index (κ2) is 7.46. The number of sulfonamides is 1. The highest BCUT2D eigenvalue weighted by Gasteiger charge is 2.24. The fraction of sp³-hybridized carbons (Fsp3) is 0.250. The van der Waals surface area contributed by atoms with Crippen molar-refractivity contribution in [2.24, 2.45) is 7.05 Å². The highest BCUT2D eigenvalue weighted by Crippen LogP contribution is 2.33. The van der Waals surface area contributed by atoms with E-state index in [0.717, 1.165) is 15.3 Å². The van der Waals surface area contributed by atoms with Crippen molar-refractivity contribution < 1.29 is 13.2 Å². The minimum absolute atomic E-state index is 0.0763. The van der Waals surface area contributed by atoms with Crippen molar-refractivity contribution in [1.82, 2.24) is 19.7 Å². The van der Waals surface area contributed by atoms with Gasteiger partial charge in [0.05, 0.1) is 28.0 Å². The smallest absolute Gasteiger partial charge is 0.263 e. The molecule has 0 amide bonds. The molecule has 3 heterocycles. The van der Waals surface area contributed by atoms with Gasteiger partial charge >= 0.3 is 0 Å². The molecule has 1 N–H and O–H groups in total. The average molecular weight is 444 g/mol. The molecule has 0 unspecified atom stereocenters. The number of anilines is 1. The lowest BCUT2D eigenvalue weighted by molar-refractivity contribution is 0.0190. The summed E-state index contributed by atoms with van der Waals surface area (Å²) in [5, 5.41) is 5.86. The predicted octanol–water partition coefficient (Wildman–Crippen LogP) is 3.77. The van der Waals surface area contributed by atoms with E-state index >= 15 is 0 Å². The van der Waals surface area contributed by atoms with Gasteiger partial charge in [-0.15, -0.1) is 11.3 Å². The fourth-order valence-corrected chi connectivity index (χ4v) is 4.95. The monoisotopic (exact) mass is 443 g/mol. The first kappa shape index (κ1) is 20.5. The van der Waals surface area contributed by atoms with Gasteiger partial charge in [0.2, 0.25) is 0 Å². The number of methoxy groups -OCH3 is 1. The van der Waals surface area contributed by atoms with Crippen LogP contribution in [0.5, 0.6) is 0 Å². The van der Waals surface area contributed by atoms with E-state index in [-0.39, 0.29) is 4.90 Å². The molecule has 4 aromatic rings. The number of benzene rings is 1. The van der Waals surface area contributed by atoms with Crippen molar-refractivity contribution >= 4 is 38.0 Å². The van der Waals surface area contributed by atoms with Crippen LogP contribution in [-0.2, 0) is 27.4 Å². The van der Waals surface area contributed by atoms with E-state index in [0.29, 0.717) is 16.9 Å². The number of hydrogen-bond acceptors (Lipinski definition) is 7.